The summed E-state index contributed by atoms with van der Waals surface area (Å²) in [5.74, 6) is 0.953. The second kappa shape index (κ2) is 13.1. The Morgan fingerprint density at radius 1 is 0.625 bits per heavy atom. The number of hydrogen-bond acceptors (Lipinski definition) is 0. The van der Waals surface area contributed by atoms with Crippen LogP contribution in [0.2, 0.25) is 0 Å². The Balaban J connectivity index is 2.93. The average molecular weight is 226 g/mol. The zero-order chi connectivity index (χ0) is 12.1. The zero-order valence-corrected chi connectivity index (χ0v) is 12.1. The number of unbranched alkanes of at least 4 members (excludes halogenated alkanes) is 9. The van der Waals surface area contributed by atoms with Crippen molar-refractivity contribution in [2.45, 2.75) is 97.8 Å². The highest BCUT2D eigenvalue weighted by Crippen LogP contribution is 2.15. The van der Waals surface area contributed by atoms with E-state index in [0.717, 1.165) is 5.92 Å². The third kappa shape index (κ3) is 12.1. The molecule has 0 radical (unpaired) electrons. The summed E-state index contributed by atoms with van der Waals surface area (Å²) in [4.78, 5) is 0. The maximum absolute atomic E-state index is 2.38. The lowest BCUT2D eigenvalue weighted by Gasteiger charge is -2.07. The van der Waals surface area contributed by atoms with Crippen molar-refractivity contribution in [2.75, 3.05) is 0 Å². The molecule has 0 amide bonds. The van der Waals surface area contributed by atoms with Crippen molar-refractivity contribution >= 4 is 0 Å². The quantitative estimate of drug-likeness (QED) is 0.340. The predicted molar refractivity (Wildman–Crippen MR) is 75.9 cm³/mol. The smallest absolute Gasteiger partial charge is 0.0445 e. The first-order valence-corrected chi connectivity index (χ1v) is 7.81. The summed E-state index contributed by atoms with van der Waals surface area (Å²) in [5.41, 5.74) is 0. The van der Waals surface area contributed by atoms with Crippen LogP contribution in [0.5, 0.6) is 0 Å². The Morgan fingerprint density at radius 3 is 1.50 bits per heavy atom. The van der Waals surface area contributed by atoms with Crippen molar-refractivity contribution in [2.24, 2.45) is 5.92 Å². The molecule has 0 saturated heterocycles. The van der Waals surface area contributed by atoms with Gasteiger partial charge in [-0.1, -0.05) is 97.8 Å². The minimum atomic E-state index is 0.953. The van der Waals surface area contributed by atoms with Gasteiger partial charge in [0, 0.05) is 0 Å². The summed E-state index contributed by atoms with van der Waals surface area (Å²) < 4.78 is 0. The SMILES string of the molecule is CCCCCCCCCCCC[C@H](C)CC. The zero-order valence-electron chi connectivity index (χ0n) is 12.1. The molecule has 0 unspecified atom stereocenters. The highest BCUT2D eigenvalue weighted by molar-refractivity contribution is 4.52. The lowest BCUT2D eigenvalue weighted by atomic mass is 9.99. The van der Waals surface area contributed by atoms with E-state index >= 15 is 0 Å². The first-order valence-electron chi connectivity index (χ1n) is 7.81. The van der Waals surface area contributed by atoms with Crippen LogP contribution in [0.4, 0.5) is 0 Å². The molecule has 0 bridgehead atoms. The lowest BCUT2D eigenvalue weighted by molar-refractivity contribution is 0.469. The van der Waals surface area contributed by atoms with E-state index < -0.39 is 0 Å². The van der Waals surface area contributed by atoms with Gasteiger partial charge in [-0.3, -0.25) is 0 Å². The van der Waals surface area contributed by atoms with Gasteiger partial charge in [0.1, 0.15) is 0 Å². The van der Waals surface area contributed by atoms with Gasteiger partial charge in [0.2, 0.25) is 0 Å². The van der Waals surface area contributed by atoms with Crippen LogP contribution in [0.25, 0.3) is 0 Å². The van der Waals surface area contributed by atoms with Crippen LogP contribution in [0.1, 0.15) is 97.8 Å². The van der Waals surface area contributed by atoms with Crippen molar-refractivity contribution < 1.29 is 0 Å². The molecule has 0 aliphatic heterocycles. The van der Waals surface area contributed by atoms with Crippen LogP contribution in [0.15, 0.2) is 0 Å². The average Bonchev–Trinajstić information content (AvgIpc) is 2.31. The Hall–Kier alpha value is 0. The monoisotopic (exact) mass is 226 g/mol. The van der Waals surface area contributed by atoms with E-state index in [0.29, 0.717) is 0 Å². The molecule has 0 N–H and O–H groups in total. The topological polar surface area (TPSA) is 0 Å². The summed E-state index contributed by atoms with van der Waals surface area (Å²) in [5, 5.41) is 0. The Bertz CT molecular complexity index is 117. The predicted octanol–water partition coefficient (Wildman–Crippen LogP) is 6.34. The number of rotatable bonds is 12. The van der Waals surface area contributed by atoms with Crippen LogP contribution >= 0.6 is 0 Å². The fourth-order valence-electron chi connectivity index (χ4n) is 2.18. The highest BCUT2D eigenvalue weighted by Gasteiger charge is 1.98. The third-order valence-corrected chi connectivity index (χ3v) is 3.75. The van der Waals surface area contributed by atoms with Gasteiger partial charge >= 0.3 is 0 Å². The minimum absolute atomic E-state index is 0.953. The van der Waals surface area contributed by atoms with Crippen molar-refractivity contribution in [3.05, 3.63) is 0 Å². The van der Waals surface area contributed by atoms with Crippen molar-refractivity contribution in [1.82, 2.24) is 0 Å². The summed E-state index contributed by atoms with van der Waals surface area (Å²) in [6.07, 6.45) is 17.4. The minimum Gasteiger partial charge on any atom is -0.0654 e. The molecule has 0 nitrogen and oxygen atoms in total. The molecule has 0 aromatic carbocycles. The summed E-state index contributed by atoms with van der Waals surface area (Å²) in [7, 11) is 0. The van der Waals surface area contributed by atoms with Crippen molar-refractivity contribution in [1.29, 1.82) is 0 Å². The van der Waals surface area contributed by atoms with Crippen molar-refractivity contribution in [3.8, 4) is 0 Å². The molecule has 0 rings (SSSR count). The fourth-order valence-corrected chi connectivity index (χ4v) is 2.18. The van der Waals surface area contributed by atoms with E-state index in [-0.39, 0.29) is 0 Å². The molecule has 98 valence electrons. The standard InChI is InChI=1S/C16H34/c1-4-6-7-8-9-10-11-12-13-14-15-16(3)5-2/h16H,4-15H2,1-3H3/t16-/m1/s1. The second-order valence-corrected chi connectivity index (χ2v) is 5.48. The normalized spacial score (nSPS) is 12.9. The molecule has 0 spiro atoms. The van der Waals surface area contributed by atoms with E-state index in [1.54, 1.807) is 0 Å². The number of hydrogen-bond donors (Lipinski definition) is 0. The summed E-state index contributed by atoms with van der Waals surface area (Å²) >= 11 is 0. The Morgan fingerprint density at radius 2 is 1.06 bits per heavy atom. The molecule has 0 aliphatic rings. The van der Waals surface area contributed by atoms with Crippen LogP contribution < -0.4 is 0 Å². The van der Waals surface area contributed by atoms with Gasteiger partial charge in [-0.25, -0.2) is 0 Å². The molecule has 16 heavy (non-hydrogen) atoms. The van der Waals surface area contributed by atoms with E-state index in [1.807, 2.05) is 0 Å². The van der Waals surface area contributed by atoms with Crippen LogP contribution in [-0.2, 0) is 0 Å². The van der Waals surface area contributed by atoms with Gasteiger partial charge < -0.3 is 0 Å². The van der Waals surface area contributed by atoms with Gasteiger partial charge in [-0.15, -0.1) is 0 Å². The first-order chi connectivity index (χ1) is 7.81. The van der Waals surface area contributed by atoms with Gasteiger partial charge in [0.15, 0.2) is 0 Å². The van der Waals surface area contributed by atoms with E-state index in [2.05, 4.69) is 20.8 Å². The second-order valence-electron chi connectivity index (χ2n) is 5.48. The van der Waals surface area contributed by atoms with Gasteiger partial charge in [-0.05, 0) is 5.92 Å². The molecule has 0 heterocycles. The van der Waals surface area contributed by atoms with Gasteiger partial charge in [0.25, 0.3) is 0 Å². The first kappa shape index (κ1) is 16.0. The Kier molecular flexibility index (Phi) is 13.1. The maximum Gasteiger partial charge on any atom is -0.0445 e. The third-order valence-electron chi connectivity index (χ3n) is 3.75. The van der Waals surface area contributed by atoms with Crippen LogP contribution in [0.3, 0.4) is 0 Å². The molecule has 0 saturated carbocycles. The van der Waals surface area contributed by atoms with E-state index in [4.69, 9.17) is 0 Å². The maximum atomic E-state index is 2.38. The van der Waals surface area contributed by atoms with Crippen LogP contribution in [-0.4, -0.2) is 0 Å². The highest BCUT2D eigenvalue weighted by atomic mass is 14.0. The van der Waals surface area contributed by atoms with Crippen LogP contribution in [0, 0.1) is 5.92 Å². The van der Waals surface area contributed by atoms with E-state index in [9.17, 15) is 0 Å². The molecular weight excluding hydrogens is 192 g/mol. The molecule has 0 aromatic rings. The fraction of sp³-hybridized carbons (Fsp3) is 1.00. The molecule has 0 heteroatoms. The lowest BCUT2D eigenvalue weighted by Crippen LogP contribution is -1.91. The summed E-state index contributed by atoms with van der Waals surface area (Å²) in [6.45, 7) is 6.98. The molecule has 0 aliphatic carbocycles. The van der Waals surface area contributed by atoms with E-state index in [1.165, 1.54) is 77.0 Å². The largest absolute Gasteiger partial charge is 0.0654 e. The van der Waals surface area contributed by atoms with Gasteiger partial charge in [-0.2, -0.15) is 0 Å². The molecular formula is C16H34. The molecule has 1 atom stereocenters. The summed E-state index contributed by atoms with van der Waals surface area (Å²) in [6, 6.07) is 0. The molecule has 0 fully saturated rings. The van der Waals surface area contributed by atoms with Gasteiger partial charge in [0.05, 0.1) is 0 Å². The molecule has 0 aromatic heterocycles. The Labute approximate surface area is 104 Å². The van der Waals surface area contributed by atoms with Crippen molar-refractivity contribution in [3.63, 3.8) is 0 Å².